The van der Waals surface area contributed by atoms with Crippen molar-refractivity contribution in [3.63, 3.8) is 0 Å². The molecule has 0 aromatic carbocycles. The molecule has 0 bridgehead atoms. The summed E-state index contributed by atoms with van der Waals surface area (Å²) in [5.74, 6) is -0.343. The number of rotatable bonds is 6. The fraction of sp³-hybridized carbons (Fsp3) is 0.583. The topological polar surface area (TPSA) is 45.5 Å². The Balaban J connectivity index is 2.91. The number of alkyl halides is 2. The molecule has 1 aromatic rings. The van der Waals surface area contributed by atoms with Crippen LogP contribution in [0.25, 0.3) is 0 Å². The molecule has 18 heavy (non-hydrogen) atoms. The average molecular weight is 260 g/mol. The Bertz CT molecular complexity index is 391. The van der Waals surface area contributed by atoms with Gasteiger partial charge in [-0.1, -0.05) is 0 Å². The molecule has 6 heteroatoms. The molecule has 1 rings (SSSR count). The van der Waals surface area contributed by atoms with Crippen molar-refractivity contribution < 1.29 is 18.7 Å². The third-order valence-electron chi connectivity index (χ3n) is 2.61. The van der Waals surface area contributed by atoms with E-state index in [0.29, 0.717) is 0 Å². The lowest BCUT2D eigenvalue weighted by Gasteiger charge is -2.26. The standard InChI is InChI=1S/C12H18F2N2O2/c1-9(2)16(6-7-17)12(18)10-4-3-5-15(10)8-11(13)14/h3-5,9,11,17H,6-8H2,1-2H3. The van der Waals surface area contributed by atoms with E-state index in [4.69, 9.17) is 5.11 Å². The van der Waals surface area contributed by atoms with Gasteiger partial charge in [0.2, 0.25) is 0 Å². The maximum absolute atomic E-state index is 12.4. The highest BCUT2D eigenvalue weighted by Crippen LogP contribution is 2.11. The molecule has 0 atom stereocenters. The number of aromatic nitrogens is 1. The van der Waals surface area contributed by atoms with Crippen molar-refractivity contribution in [2.45, 2.75) is 32.9 Å². The molecule has 0 aliphatic heterocycles. The Labute approximate surface area is 105 Å². The van der Waals surface area contributed by atoms with Crippen LogP contribution < -0.4 is 0 Å². The van der Waals surface area contributed by atoms with Crippen LogP contribution in [0.4, 0.5) is 8.78 Å². The Morgan fingerprint density at radius 2 is 2.17 bits per heavy atom. The van der Waals surface area contributed by atoms with Gasteiger partial charge in [-0.15, -0.1) is 0 Å². The van der Waals surface area contributed by atoms with Crippen molar-refractivity contribution in [2.24, 2.45) is 0 Å². The van der Waals surface area contributed by atoms with Crippen molar-refractivity contribution in [2.75, 3.05) is 13.2 Å². The van der Waals surface area contributed by atoms with Gasteiger partial charge in [-0.25, -0.2) is 8.78 Å². The van der Waals surface area contributed by atoms with Gasteiger partial charge in [-0.2, -0.15) is 0 Å². The van der Waals surface area contributed by atoms with E-state index in [1.165, 1.54) is 21.7 Å². The van der Waals surface area contributed by atoms with Crippen molar-refractivity contribution in [1.29, 1.82) is 0 Å². The number of nitrogens with zero attached hydrogens (tertiary/aromatic N) is 2. The van der Waals surface area contributed by atoms with E-state index in [1.54, 1.807) is 6.07 Å². The van der Waals surface area contributed by atoms with Gasteiger partial charge in [0.25, 0.3) is 12.3 Å². The Kier molecular flexibility index (Phi) is 5.27. The van der Waals surface area contributed by atoms with Gasteiger partial charge in [0.1, 0.15) is 5.69 Å². The summed E-state index contributed by atoms with van der Waals surface area (Å²) in [6.07, 6.45) is -1.05. The average Bonchev–Trinajstić information content (AvgIpc) is 2.71. The van der Waals surface area contributed by atoms with Crippen LogP contribution in [-0.4, -0.2) is 46.1 Å². The minimum atomic E-state index is -2.51. The first-order valence-electron chi connectivity index (χ1n) is 5.82. The summed E-state index contributed by atoms with van der Waals surface area (Å²) < 4.78 is 26.0. The fourth-order valence-corrected chi connectivity index (χ4v) is 1.77. The quantitative estimate of drug-likeness (QED) is 0.844. The summed E-state index contributed by atoms with van der Waals surface area (Å²) in [5, 5.41) is 8.93. The van der Waals surface area contributed by atoms with Crippen molar-refractivity contribution in [1.82, 2.24) is 9.47 Å². The number of hydrogen-bond acceptors (Lipinski definition) is 2. The zero-order valence-electron chi connectivity index (χ0n) is 10.5. The lowest BCUT2D eigenvalue weighted by Crippen LogP contribution is -2.40. The number of aliphatic hydroxyl groups is 1. The van der Waals surface area contributed by atoms with Crippen molar-refractivity contribution in [3.8, 4) is 0 Å². The largest absolute Gasteiger partial charge is 0.395 e. The molecule has 1 aromatic heterocycles. The number of halogens is 2. The smallest absolute Gasteiger partial charge is 0.270 e. The number of amides is 1. The number of carbonyl (C=O) groups excluding carboxylic acids is 1. The van der Waals surface area contributed by atoms with Crippen LogP contribution in [0.1, 0.15) is 24.3 Å². The van der Waals surface area contributed by atoms with E-state index in [9.17, 15) is 13.6 Å². The molecule has 0 aliphatic carbocycles. The highest BCUT2D eigenvalue weighted by Gasteiger charge is 2.21. The van der Waals surface area contributed by atoms with Gasteiger partial charge in [-0.05, 0) is 26.0 Å². The monoisotopic (exact) mass is 260 g/mol. The van der Waals surface area contributed by atoms with E-state index < -0.39 is 13.0 Å². The summed E-state index contributed by atoms with van der Waals surface area (Å²) in [6.45, 7) is 3.16. The normalized spacial score (nSPS) is 11.3. The second-order valence-corrected chi connectivity index (χ2v) is 4.25. The fourth-order valence-electron chi connectivity index (χ4n) is 1.77. The summed E-state index contributed by atoms with van der Waals surface area (Å²) in [7, 11) is 0. The molecule has 1 amide bonds. The summed E-state index contributed by atoms with van der Waals surface area (Å²) in [5.41, 5.74) is 0.220. The lowest BCUT2D eigenvalue weighted by atomic mass is 10.2. The molecular weight excluding hydrogens is 242 g/mol. The van der Waals surface area contributed by atoms with E-state index in [1.807, 2.05) is 13.8 Å². The van der Waals surface area contributed by atoms with Gasteiger partial charge in [-0.3, -0.25) is 4.79 Å². The van der Waals surface area contributed by atoms with Crippen LogP contribution in [0, 0.1) is 0 Å². The first-order chi connectivity index (χ1) is 8.47. The molecule has 102 valence electrons. The molecule has 0 saturated heterocycles. The second-order valence-electron chi connectivity index (χ2n) is 4.25. The van der Waals surface area contributed by atoms with E-state index in [-0.39, 0.29) is 30.8 Å². The summed E-state index contributed by atoms with van der Waals surface area (Å²) in [4.78, 5) is 13.6. The minimum Gasteiger partial charge on any atom is -0.395 e. The van der Waals surface area contributed by atoms with E-state index in [0.717, 1.165) is 0 Å². The van der Waals surface area contributed by atoms with Crippen LogP contribution >= 0.6 is 0 Å². The molecule has 0 spiro atoms. The molecular formula is C12H18F2N2O2. The van der Waals surface area contributed by atoms with E-state index in [2.05, 4.69) is 0 Å². The molecule has 0 unspecified atom stereocenters. The number of hydrogen-bond donors (Lipinski definition) is 1. The third-order valence-corrected chi connectivity index (χ3v) is 2.61. The molecule has 4 nitrogen and oxygen atoms in total. The second kappa shape index (κ2) is 6.49. The SMILES string of the molecule is CC(C)N(CCO)C(=O)c1cccn1CC(F)F. The summed E-state index contributed by atoms with van der Waals surface area (Å²) in [6, 6.07) is 2.98. The maximum Gasteiger partial charge on any atom is 0.270 e. The molecule has 0 fully saturated rings. The Morgan fingerprint density at radius 3 is 2.67 bits per heavy atom. The highest BCUT2D eigenvalue weighted by atomic mass is 19.3. The zero-order chi connectivity index (χ0) is 13.7. The Morgan fingerprint density at radius 1 is 1.50 bits per heavy atom. The Hall–Kier alpha value is -1.43. The van der Waals surface area contributed by atoms with Gasteiger partial charge < -0.3 is 14.6 Å². The molecule has 1 heterocycles. The first kappa shape index (κ1) is 14.6. The molecule has 1 N–H and O–H groups in total. The summed E-state index contributed by atoms with van der Waals surface area (Å²) >= 11 is 0. The lowest BCUT2D eigenvalue weighted by molar-refractivity contribution is 0.0646. The third kappa shape index (κ3) is 3.53. The zero-order valence-corrected chi connectivity index (χ0v) is 10.5. The number of carbonyl (C=O) groups is 1. The number of aliphatic hydroxyl groups excluding tert-OH is 1. The molecule has 0 aliphatic rings. The van der Waals surface area contributed by atoms with E-state index >= 15 is 0 Å². The molecule has 0 radical (unpaired) electrons. The van der Waals surface area contributed by atoms with Gasteiger partial charge in [0.05, 0.1) is 13.2 Å². The predicted octanol–water partition coefficient (Wildman–Crippen LogP) is 1.60. The van der Waals surface area contributed by atoms with Gasteiger partial charge >= 0.3 is 0 Å². The van der Waals surface area contributed by atoms with Gasteiger partial charge in [0, 0.05) is 18.8 Å². The molecule has 0 saturated carbocycles. The van der Waals surface area contributed by atoms with Crippen molar-refractivity contribution >= 4 is 5.91 Å². The van der Waals surface area contributed by atoms with Crippen LogP contribution in [0.15, 0.2) is 18.3 Å². The van der Waals surface area contributed by atoms with Crippen LogP contribution in [0.5, 0.6) is 0 Å². The predicted molar refractivity (Wildman–Crippen MR) is 63.7 cm³/mol. The van der Waals surface area contributed by atoms with Crippen LogP contribution in [0.2, 0.25) is 0 Å². The first-order valence-corrected chi connectivity index (χ1v) is 5.82. The maximum atomic E-state index is 12.4. The minimum absolute atomic E-state index is 0.0976. The highest BCUT2D eigenvalue weighted by molar-refractivity contribution is 5.93. The van der Waals surface area contributed by atoms with Crippen LogP contribution in [-0.2, 0) is 6.54 Å². The van der Waals surface area contributed by atoms with Crippen molar-refractivity contribution in [3.05, 3.63) is 24.0 Å². The van der Waals surface area contributed by atoms with Crippen LogP contribution in [0.3, 0.4) is 0 Å². The van der Waals surface area contributed by atoms with Gasteiger partial charge in [0.15, 0.2) is 0 Å².